The van der Waals surface area contributed by atoms with E-state index >= 15 is 0 Å². The SMILES string of the molecule is CO[C@]12C[C@@H](O)C[C@@H](O)[C@H](O)CC[C@@H](O)C[C@@H](O)CC(=O)O[C@@H](C)[C@H](C)[C@H](O)[C@@H](C)C=CC=CC=CC=CC=CC=CC=C[C@H](O[C@@H]3O[C@H](C)[C@@H](O)[C@H](NC(=O)OCC4c5ccccc5-c5ccccc54)[C@@H]3O)C[C@H](O1)[C@H](/C=N/O)[C@@H](O)C2. The number of benzene rings is 2. The van der Waals surface area contributed by atoms with Crippen molar-refractivity contribution in [2.45, 2.75) is 182 Å². The van der Waals surface area contributed by atoms with Gasteiger partial charge in [-0.2, -0.15) is 0 Å². The summed E-state index contributed by atoms with van der Waals surface area (Å²) in [4.78, 5) is 26.3. The summed E-state index contributed by atoms with van der Waals surface area (Å²) in [6.45, 7) is 6.78. The third-order valence-electron chi connectivity index (χ3n) is 16.0. The molecule has 2 aromatic rings. The zero-order chi connectivity index (χ0) is 60.2. The number of nitrogens with zero attached hydrogens (tertiary/aromatic N) is 1. The number of oxime groups is 1. The zero-order valence-corrected chi connectivity index (χ0v) is 47.8. The minimum atomic E-state index is -1.72. The van der Waals surface area contributed by atoms with Crippen molar-refractivity contribution >= 4 is 18.3 Å². The Morgan fingerprint density at radius 2 is 1.27 bits per heavy atom. The van der Waals surface area contributed by atoms with Crippen molar-refractivity contribution in [3.05, 3.63) is 145 Å². The molecule has 2 aromatic carbocycles. The molecular formula is C63H86N2O18. The first-order chi connectivity index (χ1) is 39.7. The number of allylic oxidation sites excluding steroid dienone is 12. The Morgan fingerprint density at radius 3 is 1.87 bits per heavy atom. The predicted octanol–water partition coefficient (Wildman–Crippen LogP) is 5.32. The molecule has 11 N–H and O–H groups in total. The second-order valence-electron chi connectivity index (χ2n) is 22.1. The first kappa shape index (κ1) is 66.4. The topological polar surface area (TPSA) is 316 Å². The maximum absolute atomic E-state index is 13.6. The van der Waals surface area contributed by atoms with Gasteiger partial charge in [0.15, 0.2) is 12.1 Å². The van der Waals surface area contributed by atoms with Gasteiger partial charge in [-0.05, 0) is 55.4 Å². The van der Waals surface area contributed by atoms with Crippen LogP contribution in [0.4, 0.5) is 4.79 Å². The van der Waals surface area contributed by atoms with E-state index in [0.29, 0.717) is 0 Å². The summed E-state index contributed by atoms with van der Waals surface area (Å²) in [5.74, 6) is -4.44. The fourth-order valence-corrected chi connectivity index (χ4v) is 11.0. The fourth-order valence-electron chi connectivity index (χ4n) is 11.0. The van der Waals surface area contributed by atoms with E-state index in [1.165, 1.54) is 7.11 Å². The van der Waals surface area contributed by atoms with Crippen molar-refractivity contribution in [2.75, 3.05) is 13.7 Å². The highest BCUT2D eigenvalue weighted by Gasteiger charge is 2.50. The number of carbonyl (C=O) groups is 2. The van der Waals surface area contributed by atoms with Crippen LogP contribution >= 0.6 is 0 Å². The summed E-state index contributed by atoms with van der Waals surface area (Å²) >= 11 is 0. The van der Waals surface area contributed by atoms with E-state index < -0.39 is 134 Å². The number of carbonyl (C=O) groups excluding carboxylic acids is 2. The summed E-state index contributed by atoms with van der Waals surface area (Å²) < 4.78 is 36.2. The predicted molar refractivity (Wildman–Crippen MR) is 308 cm³/mol. The minimum Gasteiger partial charge on any atom is -0.462 e. The molecule has 456 valence electrons. The molecule has 0 aromatic heterocycles. The first-order valence-electron chi connectivity index (χ1n) is 28.6. The lowest BCUT2D eigenvalue weighted by atomic mass is 9.83. The quantitative estimate of drug-likeness (QED) is 0.0723. The van der Waals surface area contributed by atoms with Crippen molar-refractivity contribution in [1.29, 1.82) is 0 Å². The van der Waals surface area contributed by atoms with E-state index in [0.717, 1.165) is 28.5 Å². The Kier molecular flexibility index (Phi) is 26.1. The lowest BCUT2D eigenvalue weighted by Crippen LogP contribution is -2.64. The maximum atomic E-state index is 13.6. The van der Waals surface area contributed by atoms with E-state index in [4.69, 9.17) is 28.4 Å². The monoisotopic (exact) mass is 1160 g/mol. The van der Waals surface area contributed by atoms with Crippen LogP contribution < -0.4 is 5.32 Å². The lowest BCUT2D eigenvalue weighted by molar-refractivity contribution is -0.313. The lowest BCUT2D eigenvalue weighted by Gasteiger charge is -2.47. The molecule has 3 aliphatic heterocycles. The summed E-state index contributed by atoms with van der Waals surface area (Å²) in [6.07, 6.45) is 5.75. The van der Waals surface area contributed by atoms with E-state index in [1.54, 1.807) is 63.3 Å². The number of fused-ring (bicyclic) bond motifs is 5. The number of aliphatic hydroxyl groups is 9. The number of esters is 1. The number of alkyl carbamates (subject to hydrolysis) is 1. The third kappa shape index (κ3) is 19.2. The van der Waals surface area contributed by atoms with Crippen LogP contribution in [0.25, 0.3) is 11.1 Å². The average molecular weight is 1160 g/mol. The third-order valence-corrected chi connectivity index (χ3v) is 16.0. The molecule has 19 atom stereocenters. The highest BCUT2D eigenvalue weighted by molar-refractivity contribution is 5.79. The molecule has 20 nitrogen and oxygen atoms in total. The van der Waals surface area contributed by atoms with E-state index in [2.05, 4.69) is 10.5 Å². The van der Waals surface area contributed by atoms with Crippen LogP contribution in [0.2, 0.25) is 0 Å². The van der Waals surface area contributed by atoms with Crippen molar-refractivity contribution in [2.24, 2.45) is 22.9 Å². The average Bonchev–Trinajstić information content (AvgIpc) is 2.72. The number of nitrogens with one attached hydrogen (secondary N) is 1. The number of aliphatic hydroxyl groups excluding tert-OH is 9. The van der Waals surface area contributed by atoms with Gasteiger partial charge in [0.2, 0.25) is 0 Å². The minimum absolute atomic E-state index is 0.0243. The number of amides is 1. The summed E-state index contributed by atoms with van der Waals surface area (Å²) in [6, 6.07) is 14.4. The number of cyclic esters (lactones) is 1. The molecule has 2 saturated heterocycles. The number of methoxy groups -OCH3 is 1. The Labute approximate surface area is 486 Å². The van der Waals surface area contributed by atoms with Crippen molar-refractivity contribution in [3.8, 4) is 11.1 Å². The van der Waals surface area contributed by atoms with Gasteiger partial charge in [-0.1, -0.05) is 147 Å². The van der Waals surface area contributed by atoms with E-state index in [1.807, 2.05) is 98.0 Å². The van der Waals surface area contributed by atoms with E-state index in [9.17, 15) is 60.8 Å². The largest absolute Gasteiger partial charge is 0.462 e. The van der Waals surface area contributed by atoms with Gasteiger partial charge in [0.1, 0.15) is 24.9 Å². The summed E-state index contributed by atoms with van der Waals surface area (Å²) in [5.41, 5.74) is 4.08. The standard InChI is InChI=1S/C63H86N2O18/c1-38-22-16-14-12-10-8-6-7-9-11-13-15-17-23-45(82-61-60(75)57(59(74)41(4)81-61)65-62(76)79-37-51-48-26-20-18-24-46(48)47-25-19-21-27-49(47)51)33-55-50(36-64-77)54(71)35-63(78-5,83-55)34-44(68)31-53(70)52(69)29-28-42(66)30-43(67)32-56(72)80-40(3)39(2)58(38)73/h6-27,36,38-45,50-55,57-61,66-71,73-75,77H,28-35,37H2,1-5H3,(H,65,76)/b7-6?,10-8?,11-9?,14-12?,15-13?,22-16?,23-17?,64-36+/t38-,39-,40-,41+,42+,43+,44-,45-,50+,52+,53+,54-,55-,57-,58+,59+,60-,61-,63+/m0/s1. The van der Waals surface area contributed by atoms with Crippen LogP contribution in [0, 0.1) is 17.8 Å². The van der Waals surface area contributed by atoms with Gasteiger partial charge < -0.3 is 84.9 Å². The molecular weight excluding hydrogens is 1070 g/mol. The van der Waals surface area contributed by atoms with Gasteiger partial charge >= 0.3 is 12.1 Å². The molecule has 0 unspecified atom stereocenters. The van der Waals surface area contributed by atoms with Crippen molar-refractivity contribution in [3.63, 3.8) is 0 Å². The van der Waals surface area contributed by atoms with Crippen LogP contribution in [0.3, 0.4) is 0 Å². The molecule has 2 fully saturated rings. The molecule has 2 bridgehead atoms. The van der Waals surface area contributed by atoms with Crippen molar-refractivity contribution in [1.82, 2.24) is 5.32 Å². The first-order valence-corrected chi connectivity index (χ1v) is 28.6. The van der Waals surface area contributed by atoms with Gasteiger partial charge in [0.25, 0.3) is 0 Å². The van der Waals surface area contributed by atoms with Gasteiger partial charge in [0.05, 0.1) is 85.6 Å². The Hall–Kier alpha value is -5.69. The van der Waals surface area contributed by atoms with Crippen LogP contribution in [0.5, 0.6) is 0 Å². The molecule has 4 aliphatic rings. The zero-order valence-electron chi connectivity index (χ0n) is 47.8. The number of hydrogen-bond acceptors (Lipinski definition) is 19. The molecule has 0 radical (unpaired) electrons. The second kappa shape index (κ2) is 32.6. The van der Waals surface area contributed by atoms with Crippen LogP contribution in [-0.2, 0) is 33.2 Å². The van der Waals surface area contributed by atoms with Gasteiger partial charge in [-0.25, -0.2) is 4.79 Å². The van der Waals surface area contributed by atoms with Gasteiger partial charge in [-0.15, -0.1) is 5.16 Å². The van der Waals surface area contributed by atoms with Crippen molar-refractivity contribution < 1.29 is 89.2 Å². The maximum Gasteiger partial charge on any atom is 0.407 e. The molecule has 3 heterocycles. The molecule has 0 saturated carbocycles. The molecule has 83 heavy (non-hydrogen) atoms. The highest BCUT2D eigenvalue weighted by atomic mass is 16.7. The Balaban J connectivity index is 1.21. The molecule has 0 spiro atoms. The molecule has 1 amide bonds. The smallest absolute Gasteiger partial charge is 0.407 e. The number of rotatable bonds is 7. The number of hydrogen-bond donors (Lipinski definition) is 11. The summed E-state index contributed by atoms with van der Waals surface area (Å²) in [7, 11) is 1.30. The highest BCUT2D eigenvalue weighted by Crippen LogP contribution is 2.45. The molecule has 6 rings (SSSR count). The van der Waals surface area contributed by atoms with Gasteiger partial charge in [0, 0.05) is 50.5 Å². The molecule has 20 heteroatoms. The number of ether oxygens (including phenoxy) is 6. The van der Waals surface area contributed by atoms with Crippen LogP contribution in [0.15, 0.2) is 139 Å². The van der Waals surface area contributed by atoms with Gasteiger partial charge in [-0.3, -0.25) is 4.79 Å². The molecule has 1 aliphatic carbocycles. The van der Waals surface area contributed by atoms with Crippen LogP contribution in [-0.4, -0.2) is 181 Å². The Morgan fingerprint density at radius 1 is 0.675 bits per heavy atom. The Bertz CT molecular complexity index is 2560. The normalized spacial score (nSPS) is 36.0. The second-order valence-corrected chi connectivity index (χ2v) is 22.1. The van der Waals surface area contributed by atoms with E-state index in [-0.39, 0.29) is 57.0 Å². The fraction of sp³-hybridized carbons (Fsp3) is 0.540. The van der Waals surface area contributed by atoms with Crippen LogP contribution in [0.1, 0.15) is 96.1 Å². The summed E-state index contributed by atoms with van der Waals surface area (Å²) in [5, 5.41) is 116.